The van der Waals surface area contributed by atoms with Crippen molar-refractivity contribution in [1.29, 1.82) is 0 Å². The maximum atomic E-state index is 11.0. The summed E-state index contributed by atoms with van der Waals surface area (Å²) < 4.78 is 1.95. The molecule has 1 aromatic carbocycles. The lowest BCUT2D eigenvalue weighted by Gasteiger charge is -2.13. The van der Waals surface area contributed by atoms with E-state index in [0.717, 1.165) is 21.8 Å². The van der Waals surface area contributed by atoms with Gasteiger partial charge in [-0.1, -0.05) is 43.6 Å². The fourth-order valence-electron chi connectivity index (χ4n) is 3.44. The molecule has 3 aromatic rings. The average molecular weight is 444 g/mol. The second kappa shape index (κ2) is 8.29. The summed E-state index contributed by atoms with van der Waals surface area (Å²) in [7, 11) is 0. The van der Waals surface area contributed by atoms with Crippen LogP contribution in [0.15, 0.2) is 35.3 Å². The number of nitrogens with two attached hydrogens (primary N) is 1. The molecule has 0 saturated heterocycles. The summed E-state index contributed by atoms with van der Waals surface area (Å²) in [6, 6.07) is 9.26. The Morgan fingerprint density at radius 1 is 1.30 bits per heavy atom. The highest BCUT2D eigenvalue weighted by Crippen LogP contribution is 2.38. The van der Waals surface area contributed by atoms with Crippen molar-refractivity contribution >= 4 is 34.6 Å². The first-order valence-electron chi connectivity index (χ1n) is 9.72. The Morgan fingerprint density at radius 2 is 2.07 bits per heavy atom. The highest BCUT2D eigenvalue weighted by Gasteiger charge is 2.28. The van der Waals surface area contributed by atoms with E-state index >= 15 is 0 Å². The minimum absolute atomic E-state index is 0.0285. The molecule has 3 N–H and O–H groups in total. The first-order chi connectivity index (χ1) is 14.4. The third-order valence-electron chi connectivity index (χ3n) is 5.02. The third kappa shape index (κ3) is 3.78. The van der Waals surface area contributed by atoms with Crippen molar-refractivity contribution in [3.05, 3.63) is 63.0 Å². The van der Waals surface area contributed by atoms with Gasteiger partial charge in [-0.25, -0.2) is 0 Å². The molecule has 0 unspecified atom stereocenters. The van der Waals surface area contributed by atoms with Crippen LogP contribution in [0.5, 0.6) is 0 Å². The molecule has 3 heterocycles. The van der Waals surface area contributed by atoms with E-state index in [-0.39, 0.29) is 12.8 Å². The number of hydrogen-bond acceptors (Lipinski definition) is 6. The molecule has 7 nitrogen and oxygen atoms in total. The number of aromatic nitrogens is 3. The molecule has 156 valence electrons. The predicted octanol–water partition coefficient (Wildman–Crippen LogP) is 4.32. The van der Waals surface area contributed by atoms with Crippen molar-refractivity contribution in [2.45, 2.75) is 45.2 Å². The number of aliphatic carboxylic acids is 1. The number of hydrogen-bond donors (Lipinski definition) is 2. The van der Waals surface area contributed by atoms with Crippen LogP contribution in [0.1, 0.15) is 66.3 Å². The molecule has 0 spiro atoms. The number of fused-ring (bicyclic) bond motifs is 3. The number of halogens is 1. The summed E-state index contributed by atoms with van der Waals surface area (Å²) in [6.07, 6.45) is 0.253. The van der Waals surface area contributed by atoms with E-state index in [4.69, 9.17) is 27.4 Å². The lowest BCUT2D eigenvalue weighted by Crippen LogP contribution is -2.18. The number of carbonyl (C=O) groups is 1. The molecule has 4 rings (SSSR count). The summed E-state index contributed by atoms with van der Waals surface area (Å²) in [5, 5.41) is 19.2. The summed E-state index contributed by atoms with van der Waals surface area (Å²) >= 11 is 8.15. The first kappa shape index (κ1) is 20.7. The van der Waals surface area contributed by atoms with Crippen LogP contribution in [0, 0.1) is 0 Å². The van der Waals surface area contributed by atoms with Gasteiger partial charge in [0.2, 0.25) is 0 Å². The van der Waals surface area contributed by atoms with Crippen molar-refractivity contribution in [2.75, 3.05) is 0 Å². The second-order valence-electron chi connectivity index (χ2n) is 7.52. The zero-order chi connectivity index (χ0) is 21.4. The smallest absolute Gasteiger partial charge is 0.303 e. The molecule has 1 aliphatic heterocycles. The lowest BCUT2D eigenvalue weighted by atomic mass is 10.0. The van der Waals surface area contributed by atoms with Gasteiger partial charge in [0.15, 0.2) is 11.6 Å². The third-order valence-corrected chi connectivity index (χ3v) is 6.77. The zero-order valence-corrected chi connectivity index (χ0v) is 18.2. The number of carboxylic acid groups (broad SMARTS) is 1. The molecule has 0 saturated carbocycles. The average Bonchev–Trinajstić information content (AvgIpc) is 3.29. The maximum Gasteiger partial charge on any atom is 0.303 e. The molecular formula is C21H22ClN5O2S. The molecule has 0 amide bonds. The molecule has 2 aromatic heterocycles. The van der Waals surface area contributed by atoms with Gasteiger partial charge in [0.25, 0.3) is 0 Å². The van der Waals surface area contributed by atoms with E-state index < -0.39 is 12.0 Å². The van der Waals surface area contributed by atoms with E-state index in [1.54, 1.807) is 11.3 Å². The van der Waals surface area contributed by atoms with Crippen LogP contribution in [0.25, 0.3) is 5.00 Å². The van der Waals surface area contributed by atoms with Crippen molar-refractivity contribution in [3.8, 4) is 5.00 Å². The van der Waals surface area contributed by atoms with Gasteiger partial charge in [-0.15, -0.1) is 21.5 Å². The first-order valence-corrected chi connectivity index (χ1v) is 10.9. The molecule has 0 fully saturated rings. The Bertz CT molecular complexity index is 1130. The standard InChI is InChI=1S/C21H22ClN5O2S/c1-11(2)16-9-13-19(12-5-3-4-6-14(12)22)24-10-17-25-26-20(27(17)21(13)30-16)15(23)7-8-18(28)29/h3-6,9,11,15H,7-8,10,23H2,1-2H3,(H,28,29)/t15-/m1/s1. The van der Waals surface area contributed by atoms with Crippen LogP contribution in [0.4, 0.5) is 0 Å². The van der Waals surface area contributed by atoms with Crippen molar-refractivity contribution < 1.29 is 9.90 Å². The minimum atomic E-state index is -0.885. The van der Waals surface area contributed by atoms with E-state index in [2.05, 4.69) is 30.1 Å². The number of aliphatic imine (C=N–C) groups is 1. The largest absolute Gasteiger partial charge is 0.481 e. The fourth-order valence-corrected chi connectivity index (χ4v) is 4.86. The Kier molecular flexibility index (Phi) is 5.73. The summed E-state index contributed by atoms with van der Waals surface area (Å²) in [5.74, 6) is 0.680. The van der Waals surface area contributed by atoms with Crippen LogP contribution >= 0.6 is 22.9 Å². The van der Waals surface area contributed by atoms with Crippen LogP contribution in [-0.4, -0.2) is 31.6 Å². The van der Waals surface area contributed by atoms with E-state index in [1.807, 2.05) is 28.8 Å². The highest BCUT2D eigenvalue weighted by atomic mass is 35.5. The van der Waals surface area contributed by atoms with Gasteiger partial charge in [-0.2, -0.15) is 0 Å². The SMILES string of the molecule is CC(C)c1cc2c(s1)-n1c(nnc1[C@H](N)CCC(=O)O)CN=C2c1ccccc1Cl. The van der Waals surface area contributed by atoms with Crippen LogP contribution in [0.3, 0.4) is 0 Å². The van der Waals surface area contributed by atoms with Crippen molar-refractivity contribution in [1.82, 2.24) is 14.8 Å². The number of nitrogens with zero attached hydrogens (tertiary/aromatic N) is 4. The minimum Gasteiger partial charge on any atom is -0.481 e. The molecular weight excluding hydrogens is 422 g/mol. The van der Waals surface area contributed by atoms with Gasteiger partial charge < -0.3 is 10.8 Å². The Hall–Kier alpha value is -2.55. The van der Waals surface area contributed by atoms with E-state index in [0.29, 0.717) is 29.1 Å². The number of carboxylic acids is 1. The van der Waals surface area contributed by atoms with Crippen LogP contribution < -0.4 is 5.73 Å². The van der Waals surface area contributed by atoms with Crippen molar-refractivity contribution in [2.24, 2.45) is 10.7 Å². The molecule has 1 atom stereocenters. The van der Waals surface area contributed by atoms with E-state index in [9.17, 15) is 4.79 Å². The Labute approximate surface area is 183 Å². The van der Waals surface area contributed by atoms with Gasteiger partial charge in [-0.3, -0.25) is 14.4 Å². The monoisotopic (exact) mass is 443 g/mol. The Balaban J connectivity index is 1.87. The highest BCUT2D eigenvalue weighted by molar-refractivity contribution is 7.15. The quantitative estimate of drug-likeness (QED) is 0.590. The summed E-state index contributed by atoms with van der Waals surface area (Å²) in [4.78, 5) is 17.0. The van der Waals surface area contributed by atoms with Gasteiger partial charge >= 0.3 is 5.97 Å². The second-order valence-corrected chi connectivity index (χ2v) is 8.99. The molecule has 0 radical (unpaired) electrons. The Morgan fingerprint density at radius 3 is 2.77 bits per heavy atom. The van der Waals surface area contributed by atoms with Crippen LogP contribution in [0.2, 0.25) is 5.02 Å². The summed E-state index contributed by atoms with van der Waals surface area (Å²) in [6.45, 7) is 4.62. The van der Waals surface area contributed by atoms with Gasteiger partial charge in [0.05, 0.1) is 11.8 Å². The number of rotatable bonds is 6. The molecule has 0 aliphatic carbocycles. The molecule has 1 aliphatic rings. The van der Waals surface area contributed by atoms with Crippen LogP contribution in [-0.2, 0) is 11.3 Å². The molecule has 0 bridgehead atoms. The molecule has 9 heteroatoms. The van der Waals surface area contributed by atoms with Gasteiger partial charge in [0, 0.05) is 27.4 Å². The lowest BCUT2D eigenvalue weighted by molar-refractivity contribution is -0.137. The zero-order valence-electron chi connectivity index (χ0n) is 16.7. The maximum absolute atomic E-state index is 11.0. The van der Waals surface area contributed by atoms with Gasteiger partial charge in [-0.05, 0) is 24.5 Å². The molecule has 30 heavy (non-hydrogen) atoms. The van der Waals surface area contributed by atoms with E-state index in [1.165, 1.54) is 4.88 Å². The van der Waals surface area contributed by atoms with Crippen molar-refractivity contribution in [3.63, 3.8) is 0 Å². The number of thiophene rings is 1. The topological polar surface area (TPSA) is 106 Å². The normalized spacial score (nSPS) is 14.1. The fraction of sp³-hybridized carbons (Fsp3) is 0.333. The summed E-state index contributed by atoms with van der Waals surface area (Å²) in [5.41, 5.74) is 8.96. The number of benzene rings is 1. The van der Waals surface area contributed by atoms with Gasteiger partial charge in [0.1, 0.15) is 11.5 Å². The predicted molar refractivity (Wildman–Crippen MR) is 118 cm³/mol.